The Kier molecular flexibility index (Phi) is 6.20. The molecule has 0 atom stereocenters. The molecule has 0 radical (unpaired) electrons. The molecule has 0 bridgehead atoms. The Balaban J connectivity index is 1.53. The Bertz CT molecular complexity index is 1270. The van der Waals surface area contributed by atoms with Crippen LogP contribution in [0.3, 0.4) is 0 Å². The molecule has 0 unspecified atom stereocenters. The lowest BCUT2D eigenvalue weighted by Gasteiger charge is -2.02. The SMILES string of the molecule is CS(=O)(=O)c1ccc(CCSc2nc(-c3ccc(F)cc3)c(-c3ccncc3)[nH]2)cc1. The Morgan fingerprint density at radius 3 is 2.26 bits per heavy atom. The van der Waals surface area contributed by atoms with Crippen LogP contribution in [0.1, 0.15) is 5.56 Å². The minimum Gasteiger partial charge on any atom is -0.332 e. The van der Waals surface area contributed by atoms with Gasteiger partial charge in [-0.05, 0) is 60.5 Å². The van der Waals surface area contributed by atoms with Crippen molar-refractivity contribution in [3.05, 3.63) is 84.4 Å². The van der Waals surface area contributed by atoms with Crippen LogP contribution in [0.15, 0.2) is 83.1 Å². The van der Waals surface area contributed by atoms with Gasteiger partial charge in [0, 0.05) is 35.5 Å². The van der Waals surface area contributed by atoms with Crippen molar-refractivity contribution in [1.82, 2.24) is 15.0 Å². The zero-order valence-electron chi connectivity index (χ0n) is 16.7. The molecule has 0 saturated carbocycles. The number of H-pyrrole nitrogens is 1. The van der Waals surface area contributed by atoms with Gasteiger partial charge in [0.15, 0.2) is 15.0 Å². The molecule has 2 heterocycles. The summed E-state index contributed by atoms with van der Waals surface area (Å²) >= 11 is 1.58. The van der Waals surface area contributed by atoms with E-state index in [9.17, 15) is 12.8 Å². The summed E-state index contributed by atoms with van der Waals surface area (Å²) in [7, 11) is -3.19. The summed E-state index contributed by atoms with van der Waals surface area (Å²) in [5.41, 5.74) is 4.44. The second-order valence-electron chi connectivity index (χ2n) is 7.02. The molecule has 4 rings (SSSR count). The lowest BCUT2D eigenvalue weighted by atomic mass is 10.1. The van der Waals surface area contributed by atoms with Gasteiger partial charge < -0.3 is 4.98 Å². The van der Waals surface area contributed by atoms with Gasteiger partial charge in [-0.15, -0.1) is 0 Å². The maximum atomic E-state index is 13.4. The highest BCUT2D eigenvalue weighted by Crippen LogP contribution is 2.32. The van der Waals surface area contributed by atoms with Gasteiger partial charge in [0.05, 0.1) is 16.3 Å². The van der Waals surface area contributed by atoms with E-state index in [-0.39, 0.29) is 5.82 Å². The first kappa shape index (κ1) is 21.3. The van der Waals surface area contributed by atoms with E-state index < -0.39 is 9.84 Å². The fraction of sp³-hybridized carbons (Fsp3) is 0.130. The molecular weight excluding hydrogens is 433 g/mol. The minimum atomic E-state index is -3.19. The molecular formula is C23H20FN3O2S2. The number of nitrogens with zero attached hydrogens (tertiary/aromatic N) is 2. The van der Waals surface area contributed by atoms with E-state index in [1.807, 2.05) is 24.3 Å². The van der Waals surface area contributed by atoms with Crippen LogP contribution in [-0.2, 0) is 16.3 Å². The van der Waals surface area contributed by atoms with Gasteiger partial charge in [-0.3, -0.25) is 4.98 Å². The van der Waals surface area contributed by atoms with Gasteiger partial charge in [0.2, 0.25) is 0 Å². The van der Waals surface area contributed by atoms with E-state index in [1.54, 1.807) is 48.4 Å². The van der Waals surface area contributed by atoms with E-state index in [1.165, 1.54) is 18.4 Å². The van der Waals surface area contributed by atoms with Crippen molar-refractivity contribution in [2.24, 2.45) is 0 Å². The summed E-state index contributed by atoms with van der Waals surface area (Å²) in [6.45, 7) is 0. The molecule has 0 aliphatic carbocycles. The molecule has 31 heavy (non-hydrogen) atoms. The molecule has 5 nitrogen and oxygen atoms in total. The summed E-state index contributed by atoms with van der Waals surface area (Å²) in [5.74, 6) is 0.478. The number of sulfone groups is 1. The van der Waals surface area contributed by atoms with Gasteiger partial charge in [0.1, 0.15) is 5.82 Å². The number of thioether (sulfide) groups is 1. The predicted molar refractivity (Wildman–Crippen MR) is 121 cm³/mol. The number of pyridine rings is 1. The summed E-state index contributed by atoms with van der Waals surface area (Å²) < 4.78 is 36.6. The lowest BCUT2D eigenvalue weighted by molar-refractivity contribution is 0.602. The third kappa shape index (κ3) is 5.21. The number of nitrogens with one attached hydrogen (secondary N) is 1. The molecule has 0 saturated heterocycles. The molecule has 1 N–H and O–H groups in total. The predicted octanol–water partition coefficient (Wildman–Crippen LogP) is 5.02. The van der Waals surface area contributed by atoms with Crippen molar-refractivity contribution in [1.29, 1.82) is 0 Å². The summed E-state index contributed by atoms with van der Waals surface area (Å²) in [4.78, 5) is 12.5. The number of hydrogen-bond donors (Lipinski definition) is 1. The Labute approximate surface area is 184 Å². The molecule has 4 aromatic rings. The molecule has 2 aromatic carbocycles. The van der Waals surface area contributed by atoms with Crippen molar-refractivity contribution in [3.8, 4) is 22.5 Å². The third-order valence-corrected chi connectivity index (χ3v) is 6.75. The fourth-order valence-corrected chi connectivity index (χ4v) is 4.62. The van der Waals surface area contributed by atoms with E-state index >= 15 is 0 Å². The first-order chi connectivity index (χ1) is 14.9. The second kappa shape index (κ2) is 9.03. The summed E-state index contributed by atoms with van der Waals surface area (Å²) in [6.07, 6.45) is 5.41. The van der Waals surface area contributed by atoms with Gasteiger partial charge in [0.25, 0.3) is 0 Å². The van der Waals surface area contributed by atoms with E-state index in [0.29, 0.717) is 4.90 Å². The second-order valence-corrected chi connectivity index (χ2v) is 10.1. The number of benzene rings is 2. The standard InChI is InChI=1S/C23H20FN3O2S2/c1-31(28,29)20-8-2-16(3-9-20)12-15-30-23-26-21(17-4-6-19(24)7-5-17)22(27-23)18-10-13-25-14-11-18/h2-11,13-14H,12,15H2,1H3,(H,26,27). The molecule has 158 valence electrons. The van der Waals surface area contributed by atoms with Crippen LogP contribution in [0.25, 0.3) is 22.5 Å². The van der Waals surface area contributed by atoms with Crippen LogP contribution in [0.4, 0.5) is 4.39 Å². The maximum absolute atomic E-state index is 13.4. The molecule has 8 heteroatoms. The quantitative estimate of drug-likeness (QED) is 0.398. The summed E-state index contributed by atoms with van der Waals surface area (Å²) in [5, 5.41) is 0.763. The topological polar surface area (TPSA) is 75.7 Å². The first-order valence-electron chi connectivity index (χ1n) is 9.58. The van der Waals surface area contributed by atoms with Crippen molar-refractivity contribution in [3.63, 3.8) is 0 Å². The van der Waals surface area contributed by atoms with Crippen LogP contribution in [0.5, 0.6) is 0 Å². The smallest absolute Gasteiger partial charge is 0.175 e. The average Bonchev–Trinajstić information content (AvgIpc) is 3.19. The fourth-order valence-electron chi connectivity index (χ4n) is 3.13. The van der Waals surface area contributed by atoms with Crippen molar-refractivity contribution in [2.45, 2.75) is 16.5 Å². The number of hydrogen-bond acceptors (Lipinski definition) is 5. The normalized spacial score (nSPS) is 11.5. The molecule has 0 amide bonds. The number of aromatic amines is 1. The van der Waals surface area contributed by atoms with Crippen LogP contribution >= 0.6 is 11.8 Å². The maximum Gasteiger partial charge on any atom is 0.175 e. The average molecular weight is 454 g/mol. The van der Waals surface area contributed by atoms with Gasteiger partial charge in [-0.2, -0.15) is 0 Å². The monoisotopic (exact) mass is 453 g/mol. The number of aryl methyl sites for hydroxylation is 1. The van der Waals surface area contributed by atoms with Crippen molar-refractivity contribution >= 4 is 21.6 Å². The van der Waals surface area contributed by atoms with Gasteiger partial charge in [-0.1, -0.05) is 23.9 Å². The highest BCUT2D eigenvalue weighted by atomic mass is 32.2. The molecule has 0 fully saturated rings. The highest BCUT2D eigenvalue weighted by molar-refractivity contribution is 7.99. The number of halogens is 1. The Hall–Kier alpha value is -2.97. The Morgan fingerprint density at radius 2 is 1.61 bits per heavy atom. The minimum absolute atomic E-state index is 0.291. The van der Waals surface area contributed by atoms with Gasteiger partial charge >= 0.3 is 0 Å². The van der Waals surface area contributed by atoms with E-state index in [4.69, 9.17) is 4.98 Å². The van der Waals surface area contributed by atoms with Crippen LogP contribution < -0.4 is 0 Å². The molecule has 2 aromatic heterocycles. The van der Waals surface area contributed by atoms with Crippen LogP contribution in [0, 0.1) is 5.82 Å². The number of imidazole rings is 1. The van der Waals surface area contributed by atoms with Crippen molar-refractivity contribution < 1.29 is 12.8 Å². The third-order valence-electron chi connectivity index (χ3n) is 4.75. The Morgan fingerprint density at radius 1 is 0.935 bits per heavy atom. The molecule has 0 spiro atoms. The molecule has 0 aliphatic rings. The highest BCUT2D eigenvalue weighted by Gasteiger charge is 2.15. The number of rotatable bonds is 7. The van der Waals surface area contributed by atoms with Crippen LogP contribution in [-0.4, -0.2) is 35.4 Å². The first-order valence-corrected chi connectivity index (χ1v) is 12.5. The van der Waals surface area contributed by atoms with Crippen LogP contribution in [0.2, 0.25) is 0 Å². The lowest BCUT2D eigenvalue weighted by Crippen LogP contribution is -1.97. The number of aromatic nitrogens is 3. The summed E-state index contributed by atoms with van der Waals surface area (Å²) in [6, 6.07) is 17.0. The van der Waals surface area contributed by atoms with E-state index in [2.05, 4.69) is 9.97 Å². The molecule has 0 aliphatic heterocycles. The zero-order valence-corrected chi connectivity index (χ0v) is 18.4. The van der Waals surface area contributed by atoms with E-state index in [0.717, 1.165) is 45.4 Å². The zero-order chi connectivity index (χ0) is 21.8. The largest absolute Gasteiger partial charge is 0.332 e. The van der Waals surface area contributed by atoms with Crippen molar-refractivity contribution in [2.75, 3.05) is 12.0 Å². The van der Waals surface area contributed by atoms with Gasteiger partial charge in [-0.25, -0.2) is 17.8 Å².